The molecule has 0 fully saturated rings. The second-order valence-electron chi connectivity index (χ2n) is 4.14. The molecule has 7 heteroatoms. The molecular formula is C13H8Cl4O2S. The summed E-state index contributed by atoms with van der Waals surface area (Å²) in [6, 6.07) is 7.63. The van der Waals surface area contributed by atoms with Crippen LogP contribution in [-0.4, -0.2) is 14.7 Å². The van der Waals surface area contributed by atoms with Gasteiger partial charge in [-0.25, -0.2) is 8.42 Å². The van der Waals surface area contributed by atoms with E-state index in [1.165, 1.54) is 18.2 Å². The van der Waals surface area contributed by atoms with Crippen LogP contribution in [0.3, 0.4) is 0 Å². The van der Waals surface area contributed by atoms with Crippen LogP contribution in [0.2, 0.25) is 20.1 Å². The molecule has 0 saturated heterocycles. The summed E-state index contributed by atoms with van der Waals surface area (Å²) >= 11 is 24.1. The van der Waals surface area contributed by atoms with Crippen molar-refractivity contribution in [3.63, 3.8) is 0 Å². The SMILES string of the molecule is CS(=O)(=O)c1ccc(Cl)c(-c2ccc(Cl)c(Cl)c2Cl)c1. The number of benzene rings is 2. The summed E-state index contributed by atoms with van der Waals surface area (Å²) < 4.78 is 23.2. The van der Waals surface area contributed by atoms with Crippen LogP contribution >= 0.6 is 46.4 Å². The fourth-order valence-corrected chi connectivity index (χ4v) is 3.18. The van der Waals surface area contributed by atoms with Gasteiger partial charge in [0.2, 0.25) is 0 Å². The maximum atomic E-state index is 11.6. The Morgan fingerprint density at radius 1 is 0.800 bits per heavy atom. The summed E-state index contributed by atoms with van der Waals surface area (Å²) in [6.07, 6.45) is 1.12. The lowest BCUT2D eigenvalue weighted by atomic mass is 10.1. The molecule has 0 spiro atoms. The largest absolute Gasteiger partial charge is 0.224 e. The predicted molar refractivity (Wildman–Crippen MR) is 85.0 cm³/mol. The number of sulfone groups is 1. The third kappa shape index (κ3) is 3.07. The van der Waals surface area contributed by atoms with Gasteiger partial charge in [-0.1, -0.05) is 52.5 Å². The zero-order chi connectivity index (χ0) is 15.1. The minimum absolute atomic E-state index is 0.152. The third-order valence-electron chi connectivity index (χ3n) is 2.69. The van der Waals surface area contributed by atoms with Gasteiger partial charge in [-0.05, 0) is 24.3 Å². The van der Waals surface area contributed by atoms with Crippen LogP contribution in [-0.2, 0) is 9.84 Å². The summed E-state index contributed by atoms with van der Waals surface area (Å²) in [5.74, 6) is 0. The molecule has 0 atom stereocenters. The monoisotopic (exact) mass is 368 g/mol. The van der Waals surface area contributed by atoms with E-state index in [4.69, 9.17) is 46.4 Å². The van der Waals surface area contributed by atoms with Gasteiger partial charge in [-0.15, -0.1) is 0 Å². The molecule has 0 aliphatic carbocycles. The Morgan fingerprint density at radius 2 is 1.40 bits per heavy atom. The smallest absolute Gasteiger partial charge is 0.175 e. The Morgan fingerprint density at radius 3 is 2.00 bits per heavy atom. The van der Waals surface area contributed by atoms with E-state index in [1.807, 2.05) is 0 Å². The third-order valence-corrected chi connectivity index (χ3v) is 5.42. The normalized spacial score (nSPS) is 11.7. The highest BCUT2D eigenvalue weighted by molar-refractivity contribution is 7.90. The van der Waals surface area contributed by atoms with Gasteiger partial charge in [0.1, 0.15) is 0 Å². The molecule has 0 aliphatic rings. The first-order valence-corrected chi connectivity index (χ1v) is 8.75. The maximum absolute atomic E-state index is 11.6. The quantitative estimate of drug-likeness (QED) is 0.666. The Balaban J connectivity index is 2.73. The van der Waals surface area contributed by atoms with Crippen molar-refractivity contribution in [3.8, 4) is 11.1 Å². The first-order chi connectivity index (χ1) is 9.21. The molecular weight excluding hydrogens is 362 g/mol. The first-order valence-electron chi connectivity index (χ1n) is 5.35. The molecule has 2 aromatic rings. The summed E-state index contributed by atoms with van der Waals surface area (Å²) in [6.45, 7) is 0. The lowest BCUT2D eigenvalue weighted by Gasteiger charge is -2.10. The molecule has 0 unspecified atom stereocenters. The minimum atomic E-state index is -3.34. The van der Waals surface area contributed by atoms with E-state index >= 15 is 0 Å². The van der Waals surface area contributed by atoms with Gasteiger partial charge in [-0.2, -0.15) is 0 Å². The topological polar surface area (TPSA) is 34.1 Å². The van der Waals surface area contributed by atoms with Crippen molar-refractivity contribution < 1.29 is 8.42 Å². The fourth-order valence-electron chi connectivity index (χ4n) is 1.68. The van der Waals surface area contributed by atoms with Gasteiger partial charge in [0.25, 0.3) is 0 Å². The number of halogens is 4. The highest BCUT2D eigenvalue weighted by Crippen LogP contribution is 2.40. The van der Waals surface area contributed by atoms with E-state index in [9.17, 15) is 8.42 Å². The first kappa shape index (κ1) is 15.9. The van der Waals surface area contributed by atoms with Crippen LogP contribution in [0, 0.1) is 0 Å². The van der Waals surface area contributed by atoms with Crippen molar-refractivity contribution >= 4 is 56.2 Å². The molecule has 0 amide bonds. The molecule has 0 bridgehead atoms. The average Bonchev–Trinajstić information content (AvgIpc) is 2.36. The summed E-state index contributed by atoms with van der Waals surface area (Å²) in [5.41, 5.74) is 1.01. The van der Waals surface area contributed by atoms with Gasteiger partial charge in [0, 0.05) is 22.4 Å². The van der Waals surface area contributed by atoms with Crippen molar-refractivity contribution in [1.82, 2.24) is 0 Å². The number of hydrogen-bond acceptors (Lipinski definition) is 2. The lowest BCUT2D eigenvalue weighted by Crippen LogP contribution is -1.97. The van der Waals surface area contributed by atoms with Gasteiger partial charge >= 0.3 is 0 Å². The molecule has 20 heavy (non-hydrogen) atoms. The fraction of sp³-hybridized carbons (Fsp3) is 0.0769. The highest BCUT2D eigenvalue weighted by atomic mass is 35.5. The molecule has 2 rings (SSSR count). The minimum Gasteiger partial charge on any atom is -0.224 e. The lowest BCUT2D eigenvalue weighted by molar-refractivity contribution is 0.602. The highest BCUT2D eigenvalue weighted by Gasteiger charge is 2.16. The van der Waals surface area contributed by atoms with Gasteiger partial charge < -0.3 is 0 Å². The molecule has 0 aliphatic heterocycles. The van der Waals surface area contributed by atoms with Gasteiger partial charge in [0.05, 0.1) is 20.0 Å². The zero-order valence-electron chi connectivity index (χ0n) is 10.1. The maximum Gasteiger partial charge on any atom is 0.175 e. The van der Waals surface area contributed by atoms with Crippen LogP contribution in [0.4, 0.5) is 0 Å². The van der Waals surface area contributed by atoms with E-state index in [-0.39, 0.29) is 14.9 Å². The number of rotatable bonds is 2. The molecule has 0 radical (unpaired) electrons. The van der Waals surface area contributed by atoms with E-state index in [2.05, 4.69) is 0 Å². The van der Waals surface area contributed by atoms with Crippen LogP contribution < -0.4 is 0 Å². The summed E-state index contributed by atoms with van der Waals surface area (Å²) in [5, 5.41) is 1.12. The standard InChI is InChI=1S/C13H8Cl4O2S/c1-20(18,19)7-2-4-10(14)9(6-7)8-3-5-11(15)13(17)12(8)16/h2-6H,1H3. The second-order valence-corrected chi connectivity index (χ2v) is 7.72. The van der Waals surface area contributed by atoms with E-state index < -0.39 is 9.84 Å². The molecule has 106 valence electrons. The van der Waals surface area contributed by atoms with Crippen molar-refractivity contribution in [1.29, 1.82) is 0 Å². The van der Waals surface area contributed by atoms with Crippen LogP contribution in [0.1, 0.15) is 0 Å². The molecule has 2 aromatic carbocycles. The molecule has 2 nitrogen and oxygen atoms in total. The van der Waals surface area contributed by atoms with Crippen molar-refractivity contribution in [2.24, 2.45) is 0 Å². The Hall–Kier alpha value is -0.450. The Labute approximate surface area is 137 Å². The Kier molecular flexibility index (Phi) is 4.57. The zero-order valence-corrected chi connectivity index (χ0v) is 14.0. The predicted octanol–water partition coefficient (Wildman–Crippen LogP) is 5.37. The van der Waals surface area contributed by atoms with E-state index in [0.717, 1.165) is 6.26 Å². The molecule has 0 N–H and O–H groups in total. The van der Waals surface area contributed by atoms with Crippen molar-refractivity contribution in [2.75, 3.05) is 6.26 Å². The van der Waals surface area contributed by atoms with Crippen LogP contribution in [0.15, 0.2) is 35.2 Å². The van der Waals surface area contributed by atoms with E-state index in [0.29, 0.717) is 21.2 Å². The van der Waals surface area contributed by atoms with E-state index in [1.54, 1.807) is 12.1 Å². The summed E-state index contributed by atoms with van der Waals surface area (Å²) in [7, 11) is -3.34. The molecule has 0 aromatic heterocycles. The van der Waals surface area contributed by atoms with Gasteiger partial charge in [-0.3, -0.25) is 0 Å². The van der Waals surface area contributed by atoms with Crippen molar-refractivity contribution in [2.45, 2.75) is 4.90 Å². The number of hydrogen-bond donors (Lipinski definition) is 0. The van der Waals surface area contributed by atoms with Crippen LogP contribution in [0.5, 0.6) is 0 Å². The van der Waals surface area contributed by atoms with Gasteiger partial charge in [0.15, 0.2) is 9.84 Å². The molecule has 0 saturated carbocycles. The summed E-state index contributed by atoms with van der Waals surface area (Å²) in [4.78, 5) is 0.152. The second kappa shape index (κ2) is 5.74. The Bertz CT molecular complexity index is 785. The molecule has 0 heterocycles. The van der Waals surface area contributed by atoms with Crippen LogP contribution in [0.25, 0.3) is 11.1 Å². The average molecular weight is 370 g/mol. The van der Waals surface area contributed by atoms with Crippen molar-refractivity contribution in [3.05, 3.63) is 50.4 Å².